The van der Waals surface area contributed by atoms with Crippen LogP contribution < -0.4 is 10.6 Å². The highest BCUT2D eigenvalue weighted by molar-refractivity contribution is 7.99. The molecule has 0 saturated heterocycles. The van der Waals surface area contributed by atoms with Crippen molar-refractivity contribution in [2.75, 3.05) is 16.4 Å². The lowest BCUT2D eigenvalue weighted by molar-refractivity contribution is -0.115. The number of carbonyl (C=O) groups excluding carboxylic acids is 2. The Labute approximate surface area is 205 Å². The van der Waals surface area contributed by atoms with Crippen molar-refractivity contribution in [3.05, 3.63) is 82.7 Å². The maximum Gasteiger partial charge on any atom is 0.276 e. The van der Waals surface area contributed by atoms with E-state index in [1.54, 1.807) is 12.1 Å². The van der Waals surface area contributed by atoms with Crippen LogP contribution in [0.3, 0.4) is 0 Å². The van der Waals surface area contributed by atoms with Gasteiger partial charge in [0.1, 0.15) is 0 Å². The minimum absolute atomic E-state index is 0.0657. The second-order valence-electron chi connectivity index (χ2n) is 7.30. The van der Waals surface area contributed by atoms with Crippen molar-refractivity contribution >= 4 is 45.7 Å². The van der Waals surface area contributed by atoms with Gasteiger partial charge >= 0.3 is 0 Å². The molecule has 0 fully saturated rings. The SMILES string of the molecule is CCc1ccc(NC(=O)CCSc2nnc(Cc3csc(NC(=O)c4ccccc4)n3)o2)cc1. The number of nitrogens with one attached hydrogen (secondary N) is 2. The van der Waals surface area contributed by atoms with E-state index in [1.165, 1.54) is 28.7 Å². The average Bonchev–Trinajstić information content (AvgIpc) is 3.49. The molecule has 0 aliphatic heterocycles. The third-order valence-electron chi connectivity index (χ3n) is 4.79. The highest BCUT2D eigenvalue weighted by atomic mass is 32.2. The summed E-state index contributed by atoms with van der Waals surface area (Å²) in [6.07, 6.45) is 1.65. The Morgan fingerprint density at radius 3 is 2.59 bits per heavy atom. The molecule has 10 heteroatoms. The summed E-state index contributed by atoms with van der Waals surface area (Å²) in [5, 5.41) is 16.5. The second-order valence-corrected chi connectivity index (χ2v) is 9.20. The van der Waals surface area contributed by atoms with Gasteiger partial charge in [-0.25, -0.2) is 4.98 Å². The number of amides is 2. The quantitative estimate of drug-likeness (QED) is 0.297. The van der Waals surface area contributed by atoms with Crippen LogP contribution in [0.25, 0.3) is 0 Å². The maximum absolute atomic E-state index is 12.2. The first-order valence-electron chi connectivity index (χ1n) is 10.7. The van der Waals surface area contributed by atoms with E-state index in [4.69, 9.17) is 4.42 Å². The van der Waals surface area contributed by atoms with Gasteiger partial charge in [0.25, 0.3) is 11.1 Å². The number of aryl methyl sites for hydroxylation is 1. The van der Waals surface area contributed by atoms with Crippen LogP contribution in [0.1, 0.15) is 40.9 Å². The number of benzene rings is 2. The molecule has 2 aromatic carbocycles. The molecule has 4 rings (SSSR count). The summed E-state index contributed by atoms with van der Waals surface area (Å²) in [6.45, 7) is 2.09. The number of anilines is 2. The van der Waals surface area contributed by atoms with Crippen molar-refractivity contribution in [2.24, 2.45) is 0 Å². The predicted molar refractivity (Wildman–Crippen MR) is 133 cm³/mol. The largest absolute Gasteiger partial charge is 0.416 e. The fourth-order valence-electron chi connectivity index (χ4n) is 3.01. The molecule has 4 aromatic rings. The molecule has 0 atom stereocenters. The number of hydrogen-bond donors (Lipinski definition) is 2. The van der Waals surface area contributed by atoms with Gasteiger partial charge < -0.3 is 9.73 Å². The summed E-state index contributed by atoms with van der Waals surface area (Å²) < 4.78 is 5.66. The number of thioether (sulfide) groups is 1. The van der Waals surface area contributed by atoms with Crippen molar-refractivity contribution in [2.45, 2.75) is 31.4 Å². The first-order valence-corrected chi connectivity index (χ1v) is 12.6. The van der Waals surface area contributed by atoms with Gasteiger partial charge in [-0.3, -0.25) is 14.9 Å². The van der Waals surface area contributed by atoms with Crippen molar-refractivity contribution in [3.63, 3.8) is 0 Å². The fraction of sp³-hybridized carbons (Fsp3) is 0.208. The Bertz CT molecular complexity index is 1240. The standard InChI is InChI=1S/C24H23N5O3S2/c1-2-16-8-10-18(11-9-16)25-20(30)12-13-33-24-29-28-21(32-24)14-19-15-34-23(26-19)27-22(31)17-6-4-3-5-7-17/h3-11,15H,2,12-14H2,1H3,(H,25,30)(H,26,27,31). The Morgan fingerprint density at radius 1 is 1.03 bits per heavy atom. The zero-order chi connectivity index (χ0) is 23.8. The van der Waals surface area contributed by atoms with E-state index < -0.39 is 0 Å². The Morgan fingerprint density at radius 2 is 1.82 bits per heavy atom. The Balaban J connectivity index is 1.21. The fourth-order valence-corrected chi connectivity index (χ4v) is 4.43. The van der Waals surface area contributed by atoms with Gasteiger partial charge in [-0.15, -0.1) is 21.5 Å². The summed E-state index contributed by atoms with van der Waals surface area (Å²) in [6, 6.07) is 16.8. The highest BCUT2D eigenvalue weighted by Gasteiger charge is 2.13. The third kappa shape index (κ3) is 6.75. The topological polar surface area (TPSA) is 110 Å². The van der Waals surface area contributed by atoms with Crippen LogP contribution in [-0.2, 0) is 17.6 Å². The molecule has 2 heterocycles. The molecule has 0 unspecified atom stereocenters. The van der Waals surface area contributed by atoms with Crippen LogP contribution in [0.5, 0.6) is 0 Å². The van der Waals surface area contributed by atoms with Gasteiger partial charge in [0.05, 0.1) is 12.1 Å². The number of carbonyl (C=O) groups is 2. The van der Waals surface area contributed by atoms with Crippen LogP contribution in [0.4, 0.5) is 10.8 Å². The van der Waals surface area contributed by atoms with E-state index in [-0.39, 0.29) is 11.8 Å². The number of aromatic nitrogens is 3. The molecule has 0 bridgehead atoms. The van der Waals surface area contributed by atoms with Gasteiger partial charge in [0.2, 0.25) is 11.8 Å². The van der Waals surface area contributed by atoms with Crippen LogP contribution in [0.15, 0.2) is 69.6 Å². The zero-order valence-corrected chi connectivity index (χ0v) is 20.1. The molecule has 0 radical (unpaired) electrons. The van der Waals surface area contributed by atoms with Gasteiger partial charge in [0, 0.05) is 28.8 Å². The normalized spacial score (nSPS) is 10.7. The monoisotopic (exact) mass is 493 g/mol. The van der Waals surface area contributed by atoms with E-state index >= 15 is 0 Å². The van der Waals surface area contributed by atoms with Gasteiger partial charge in [-0.2, -0.15) is 0 Å². The lowest BCUT2D eigenvalue weighted by atomic mass is 10.1. The van der Waals surface area contributed by atoms with Crippen LogP contribution in [0, 0.1) is 0 Å². The van der Waals surface area contributed by atoms with Gasteiger partial charge in [0.15, 0.2) is 5.13 Å². The smallest absolute Gasteiger partial charge is 0.276 e. The molecular weight excluding hydrogens is 470 g/mol. The molecule has 2 N–H and O–H groups in total. The molecule has 8 nitrogen and oxygen atoms in total. The summed E-state index contributed by atoms with van der Waals surface area (Å²) in [5.41, 5.74) is 3.31. The summed E-state index contributed by atoms with van der Waals surface area (Å²) in [4.78, 5) is 28.8. The molecule has 174 valence electrons. The minimum atomic E-state index is -0.208. The van der Waals surface area contributed by atoms with E-state index in [1.807, 2.05) is 47.8 Å². The van der Waals surface area contributed by atoms with Crippen LogP contribution >= 0.6 is 23.1 Å². The number of thiazole rings is 1. The molecule has 0 aliphatic carbocycles. The zero-order valence-electron chi connectivity index (χ0n) is 18.5. The summed E-state index contributed by atoms with van der Waals surface area (Å²) in [5.74, 6) is 0.672. The van der Waals surface area contributed by atoms with Crippen molar-refractivity contribution in [3.8, 4) is 0 Å². The van der Waals surface area contributed by atoms with E-state index in [0.29, 0.717) is 40.4 Å². The number of hydrogen-bond acceptors (Lipinski definition) is 8. The summed E-state index contributed by atoms with van der Waals surface area (Å²) in [7, 11) is 0. The molecule has 0 aliphatic rings. The first kappa shape index (κ1) is 23.7. The van der Waals surface area contributed by atoms with Gasteiger partial charge in [-0.05, 0) is 36.2 Å². The van der Waals surface area contributed by atoms with Crippen molar-refractivity contribution in [1.29, 1.82) is 0 Å². The molecule has 0 saturated carbocycles. The predicted octanol–water partition coefficient (Wildman–Crippen LogP) is 5.05. The lowest BCUT2D eigenvalue weighted by Gasteiger charge is -2.05. The molecular formula is C24H23N5O3S2. The second kappa shape index (κ2) is 11.6. The molecule has 2 amide bonds. The average molecular weight is 494 g/mol. The van der Waals surface area contributed by atoms with Gasteiger partial charge in [-0.1, -0.05) is 49.0 Å². The van der Waals surface area contributed by atoms with Crippen molar-refractivity contribution < 1.29 is 14.0 Å². The van der Waals surface area contributed by atoms with Crippen molar-refractivity contribution in [1.82, 2.24) is 15.2 Å². The third-order valence-corrected chi connectivity index (χ3v) is 6.42. The lowest BCUT2D eigenvalue weighted by Crippen LogP contribution is -2.12. The number of rotatable bonds is 10. The summed E-state index contributed by atoms with van der Waals surface area (Å²) >= 11 is 2.67. The Hall–Kier alpha value is -3.50. The number of nitrogens with zero attached hydrogens (tertiary/aromatic N) is 3. The van der Waals surface area contributed by atoms with Crippen LogP contribution in [0.2, 0.25) is 0 Å². The highest BCUT2D eigenvalue weighted by Crippen LogP contribution is 2.22. The Kier molecular flexibility index (Phi) is 8.05. The van der Waals surface area contributed by atoms with E-state index in [9.17, 15) is 9.59 Å². The molecule has 34 heavy (non-hydrogen) atoms. The minimum Gasteiger partial charge on any atom is -0.416 e. The van der Waals surface area contributed by atoms with E-state index in [2.05, 4.69) is 32.7 Å². The molecule has 2 aromatic heterocycles. The maximum atomic E-state index is 12.2. The first-order chi connectivity index (χ1) is 16.6. The van der Waals surface area contributed by atoms with Crippen LogP contribution in [-0.4, -0.2) is 32.7 Å². The molecule has 0 spiro atoms. The van der Waals surface area contributed by atoms with E-state index in [0.717, 1.165) is 17.8 Å².